The van der Waals surface area contributed by atoms with Gasteiger partial charge in [0, 0.05) is 6.42 Å². The van der Waals surface area contributed by atoms with Crippen LogP contribution in [0.2, 0.25) is 0 Å². The normalized spacial score (nSPS) is 11.7. The lowest BCUT2D eigenvalue weighted by atomic mass is 10.1. The van der Waals surface area contributed by atoms with Crippen LogP contribution in [0.4, 0.5) is 0 Å². The van der Waals surface area contributed by atoms with Crippen LogP contribution in [0, 0.1) is 0 Å². The van der Waals surface area contributed by atoms with Gasteiger partial charge in [-0.2, -0.15) is 0 Å². The lowest BCUT2D eigenvalue weighted by Gasteiger charge is -2.18. The number of para-hydroxylation sites is 1. The Hall–Kier alpha value is -2.82. The molecule has 0 aliphatic carbocycles. The molecule has 25 heavy (non-hydrogen) atoms. The van der Waals surface area contributed by atoms with Gasteiger partial charge in [0.05, 0.1) is 18.8 Å². The average Bonchev–Trinajstić information content (AvgIpc) is 2.61. The molecule has 1 atom stereocenters. The van der Waals surface area contributed by atoms with E-state index in [-0.39, 0.29) is 12.0 Å². The fraction of sp³-hybridized carbons (Fsp3) is 0.300. The maximum absolute atomic E-state index is 12.7. The lowest BCUT2D eigenvalue weighted by Crippen LogP contribution is -2.43. The Kier molecular flexibility index (Phi) is 6.57. The maximum atomic E-state index is 12.7. The third kappa shape index (κ3) is 5.35. The Morgan fingerprint density at radius 3 is 2.28 bits per heavy atom. The van der Waals surface area contributed by atoms with E-state index >= 15 is 0 Å². The van der Waals surface area contributed by atoms with E-state index in [1.54, 1.807) is 24.3 Å². The van der Waals surface area contributed by atoms with Gasteiger partial charge in [0.15, 0.2) is 0 Å². The summed E-state index contributed by atoms with van der Waals surface area (Å²) in [5.41, 5.74) is 1.32. The molecule has 2 aromatic rings. The molecule has 2 rings (SSSR count). The Balaban J connectivity index is 2.18. The molecule has 0 aliphatic heterocycles. The highest BCUT2D eigenvalue weighted by Gasteiger charge is 2.24. The molecule has 2 aromatic carbocycles. The summed E-state index contributed by atoms with van der Waals surface area (Å²) in [5, 5.41) is 2.75. The van der Waals surface area contributed by atoms with E-state index < -0.39 is 12.0 Å². The number of methoxy groups -OCH3 is 1. The third-order valence-electron chi connectivity index (χ3n) is 3.57. The van der Waals surface area contributed by atoms with Crippen molar-refractivity contribution in [3.8, 4) is 5.75 Å². The van der Waals surface area contributed by atoms with E-state index in [0.29, 0.717) is 17.7 Å². The van der Waals surface area contributed by atoms with E-state index in [1.807, 2.05) is 44.2 Å². The first-order valence-electron chi connectivity index (χ1n) is 8.19. The molecule has 0 fully saturated rings. The quantitative estimate of drug-likeness (QED) is 0.786. The average molecular weight is 341 g/mol. The minimum Gasteiger partial charge on any atom is -0.490 e. The number of benzene rings is 2. The highest BCUT2D eigenvalue weighted by atomic mass is 16.5. The minimum absolute atomic E-state index is 0.0605. The Bertz CT molecular complexity index is 713. The van der Waals surface area contributed by atoms with Gasteiger partial charge in [-0.1, -0.05) is 42.5 Å². The van der Waals surface area contributed by atoms with Crippen LogP contribution in [-0.4, -0.2) is 31.1 Å². The van der Waals surface area contributed by atoms with Crippen molar-refractivity contribution >= 4 is 11.9 Å². The van der Waals surface area contributed by atoms with Gasteiger partial charge in [-0.25, -0.2) is 4.79 Å². The summed E-state index contributed by atoms with van der Waals surface area (Å²) in [6.07, 6.45) is 0.293. The van der Waals surface area contributed by atoms with E-state index in [9.17, 15) is 9.59 Å². The van der Waals surface area contributed by atoms with E-state index in [4.69, 9.17) is 9.47 Å². The highest BCUT2D eigenvalue weighted by Crippen LogP contribution is 2.19. The number of rotatable bonds is 7. The van der Waals surface area contributed by atoms with Crippen LogP contribution in [-0.2, 0) is 16.0 Å². The number of carbonyl (C=O) groups is 2. The summed E-state index contributed by atoms with van der Waals surface area (Å²) in [5.74, 6) is -0.375. The van der Waals surface area contributed by atoms with Crippen LogP contribution in [0.1, 0.15) is 29.8 Å². The van der Waals surface area contributed by atoms with Crippen molar-refractivity contribution in [2.45, 2.75) is 32.4 Å². The molecule has 0 heterocycles. The zero-order chi connectivity index (χ0) is 18.2. The van der Waals surface area contributed by atoms with E-state index in [2.05, 4.69) is 5.32 Å². The summed E-state index contributed by atoms with van der Waals surface area (Å²) in [4.78, 5) is 24.7. The number of hydrogen-bond donors (Lipinski definition) is 1. The first kappa shape index (κ1) is 18.5. The van der Waals surface area contributed by atoms with E-state index in [1.165, 1.54) is 7.11 Å². The molecule has 0 aromatic heterocycles. The zero-order valence-corrected chi connectivity index (χ0v) is 14.7. The predicted molar refractivity (Wildman–Crippen MR) is 95.6 cm³/mol. The van der Waals surface area contributed by atoms with Gasteiger partial charge in [-0.05, 0) is 31.5 Å². The first-order chi connectivity index (χ1) is 12.0. The molecular formula is C20H23NO4. The van der Waals surface area contributed by atoms with Gasteiger partial charge in [0.2, 0.25) is 0 Å². The van der Waals surface area contributed by atoms with Crippen LogP contribution in [0.25, 0.3) is 0 Å². The Labute approximate surface area is 148 Å². The standard InChI is InChI=1S/C20H23NO4/c1-14(2)25-18-12-8-7-11-16(18)19(22)21-17(20(23)24-3)13-15-9-5-4-6-10-15/h4-12,14,17H,13H2,1-3H3,(H,21,22). The second-order valence-electron chi connectivity index (χ2n) is 5.90. The molecule has 1 N–H and O–H groups in total. The van der Waals surface area contributed by atoms with Crippen LogP contribution in [0.15, 0.2) is 54.6 Å². The topological polar surface area (TPSA) is 64.6 Å². The molecule has 0 aliphatic rings. The second kappa shape index (κ2) is 8.87. The van der Waals surface area contributed by atoms with Gasteiger partial charge >= 0.3 is 5.97 Å². The smallest absolute Gasteiger partial charge is 0.328 e. The van der Waals surface area contributed by atoms with E-state index in [0.717, 1.165) is 5.56 Å². The zero-order valence-electron chi connectivity index (χ0n) is 14.7. The number of hydrogen-bond acceptors (Lipinski definition) is 4. The lowest BCUT2D eigenvalue weighted by molar-refractivity contribution is -0.142. The molecule has 132 valence electrons. The maximum Gasteiger partial charge on any atom is 0.328 e. The van der Waals surface area contributed by atoms with Gasteiger partial charge < -0.3 is 14.8 Å². The number of carbonyl (C=O) groups excluding carboxylic acids is 2. The van der Waals surface area contributed by atoms with Crippen LogP contribution >= 0.6 is 0 Å². The van der Waals surface area contributed by atoms with Gasteiger partial charge in [0.1, 0.15) is 11.8 Å². The second-order valence-corrected chi connectivity index (χ2v) is 5.90. The fourth-order valence-electron chi connectivity index (χ4n) is 2.43. The molecule has 1 unspecified atom stereocenters. The number of ether oxygens (including phenoxy) is 2. The predicted octanol–water partition coefficient (Wildman–Crippen LogP) is 2.99. The van der Waals surface area contributed by atoms with Crippen molar-refractivity contribution in [2.75, 3.05) is 7.11 Å². The molecular weight excluding hydrogens is 318 g/mol. The van der Waals surface area contributed by atoms with Crippen molar-refractivity contribution in [1.82, 2.24) is 5.32 Å². The molecule has 0 bridgehead atoms. The monoisotopic (exact) mass is 341 g/mol. The van der Waals surface area contributed by atoms with Gasteiger partial charge in [-0.3, -0.25) is 4.79 Å². The molecule has 0 radical (unpaired) electrons. The van der Waals surface area contributed by atoms with Crippen molar-refractivity contribution in [3.05, 3.63) is 65.7 Å². The van der Waals surface area contributed by atoms with Crippen LogP contribution in [0.3, 0.4) is 0 Å². The van der Waals surface area contributed by atoms with Gasteiger partial charge in [0.25, 0.3) is 5.91 Å². The number of esters is 1. The minimum atomic E-state index is -0.771. The Morgan fingerprint density at radius 2 is 1.64 bits per heavy atom. The summed E-state index contributed by atoms with van der Waals surface area (Å²) < 4.78 is 10.5. The summed E-state index contributed by atoms with van der Waals surface area (Å²) in [6, 6.07) is 15.7. The van der Waals surface area contributed by atoms with Crippen molar-refractivity contribution < 1.29 is 19.1 Å². The van der Waals surface area contributed by atoms with Crippen molar-refractivity contribution in [3.63, 3.8) is 0 Å². The van der Waals surface area contributed by atoms with Gasteiger partial charge in [-0.15, -0.1) is 0 Å². The summed E-state index contributed by atoms with van der Waals surface area (Å²) in [6.45, 7) is 3.78. The largest absolute Gasteiger partial charge is 0.490 e. The molecule has 0 spiro atoms. The number of amides is 1. The molecule has 0 saturated heterocycles. The molecule has 0 saturated carbocycles. The van der Waals surface area contributed by atoms with Crippen molar-refractivity contribution in [1.29, 1.82) is 0 Å². The summed E-state index contributed by atoms with van der Waals surface area (Å²) >= 11 is 0. The van der Waals surface area contributed by atoms with Crippen LogP contribution < -0.4 is 10.1 Å². The Morgan fingerprint density at radius 1 is 1.00 bits per heavy atom. The molecule has 5 heteroatoms. The number of nitrogens with one attached hydrogen (secondary N) is 1. The fourth-order valence-corrected chi connectivity index (χ4v) is 2.43. The van der Waals surface area contributed by atoms with Crippen LogP contribution in [0.5, 0.6) is 5.75 Å². The SMILES string of the molecule is COC(=O)C(Cc1ccccc1)NC(=O)c1ccccc1OC(C)C. The van der Waals surface area contributed by atoms with Crippen molar-refractivity contribution in [2.24, 2.45) is 0 Å². The third-order valence-corrected chi connectivity index (χ3v) is 3.57. The molecule has 5 nitrogen and oxygen atoms in total. The first-order valence-corrected chi connectivity index (χ1v) is 8.19. The molecule has 1 amide bonds. The highest BCUT2D eigenvalue weighted by molar-refractivity contribution is 5.99. The summed E-state index contributed by atoms with van der Waals surface area (Å²) in [7, 11) is 1.31.